The quantitative estimate of drug-likeness (QED) is 0.144. The summed E-state index contributed by atoms with van der Waals surface area (Å²) in [4.78, 5) is 2.53. The molecule has 0 aromatic heterocycles. The summed E-state index contributed by atoms with van der Waals surface area (Å²) < 4.78 is 0. The van der Waals surface area contributed by atoms with E-state index < -0.39 is 0 Å². The van der Waals surface area contributed by atoms with Crippen LogP contribution in [0, 0.1) is 0 Å². The number of hydrogen-bond donors (Lipinski definition) is 0. The van der Waals surface area contributed by atoms with Crippen molar-refractivity contribution in [3.63, 3.8) is 0 Å². The summed E-state index contributed by atoms with van der Waals surface area (Å²) in [7, 11) is 0. The van der Waals surface area contributed by atoms with Gasteiger partial charge in [-0.1, -0.05) is 224 Å². The molecular weight excluding hydrogens is 807 g/mol. The molecule has 1 atom stereocenters. The number of hydrogen-bond acceptors (Lipinski definition) is 1. The van der Waals surface area contributed by atoms with E-state index in [4.69, 9.17) is 0 Å². The summed E-state index contributed by atoms with van der Waals surface area (Å²) in [6.45, 7) is 2.40. The molecule has 0 bridgehead atoms. The summed E-state index contributed by atoms with van der Waals surface area (Å²) in [5.74, 6) is 0. The number of nitrogens with zero attached hydrogens (tertiary/aromatic N) is 1. The van der Waals surface area contributed by atoms with Gasteiger partial charge >= 0.3 is 0 Å². The Kier molecular flexibility index (Phi) is 9.05. The largest absolute Gasteiger partial charge is 0.309 e. The molecule has 1 nitrogen and oxygen atoms in total. The third-order valence-corrected chi connectivity index (χ3v) is 14.5. The molecule has 1 unspecified atom stereocenters. The molecule has 13 rings (SSSR count). The van der Waals surface area contributed by atoms with Crippen molar-refractivity contribution in [2.24, 2.45) is 0 Å². The normalized spacial score (nSPS) is 14.1. The summed E-state index contributed by atoms with van der Waals surface area (Å²) >= 11 is 0. The molecule has 0 amide bonds. The third kappa shape index (κ3) is 6.09. The lowest BCUT2D eigenvalue weighted by atomic mass is 9.74. The number of anilines is 3. The molecule has 1 aliphatic rings. The molecule has 0 fully saturated rings. The van der Waals surface area contributed by atoms with Crippen molar-refractivity contribution in [1.82, 2.24) is 0 Å². The third-order valence-electron chi connectivity index (χ3n) is 14.5. The molecule has 12 aromatic carbocycles. The predicted molar refractivity (Wildman–Crippen MR) is 285 cm³/mol. The molecule has 0 saturated carbocycles. The van der Waals surface area contributed by atoms with E-state index in [0.717, 1.165) is 28.2 Å². The summed E-state index contributed by atoms with van der Waals surface area (Å²) in [5.41, 5.74) is 16.8. The van der Waals surface area contributed by atoms with E-state index in [9.17, 15) is 0 Å². The number of rotatable bonds is 7. The van der Waals surface area contributed by atoms with Crippen molar-refractivity contribution in [3.05, 3.63) is 271 Å². The lowest BCUT2D eigenvalue weighted by Crippen LogP contribution is -2.22. The van der Waals surface area contributed by atoms with Gasteiger partial charge in [0.15, 0.2) is 0 Å². The van der Waals surface area contributed by atoms with Crippen molar-refractivity contribution in [1.29, 1.82) is 0 Å². The second-order valence-electron chi connectivity index (χ2n) is 18.1. The molecule has 0 saturated heterocycles. The molecule has 0 N–H and O–H groups in total. The van der Waals surface area contributed by atoms with Gasteiger partial charge in [0.1, 0.15) is 0 Å². The van der Waals surface area contributed by atoms with Crippen molar-refractivity contribution in [2.75, 3.05) is 4.90 Å². The summed E-state index contributed by atoms with van der Waals surface area (Å²) in [6, 6.07) is 94.3. The minimum Gasteiger partial charge on any atom is -0.309 e. The number of para-hydroxylation sites is 1. The van der Waals surface area contributed by atoms with Crippen LogP contribution in [0.2, 0.25) is 0 Å². The predicted octanol–water partition coefficient (Wildman–Crippen LogP) is 18.1. The van der Waals surface area contributed by atoms with E-state index in [2.05, 4.69) is 267 Å². The lowest BCUT2D eigenvalue weighted by molar-refractivity contribution is 0.714. The van der Waals surface area contributed by atoms with Crippen LogP contribution in [0.3, 0.4) is 0 Å². The van der Waals surface area contributed by atoms with E-state index in [1.807, 2.05) is 0 Å². The van der Waals surface area contributed by atoms with E-state index in [1.54, 1.807) is 0 Å². The Balaban J connectivity index is 1.10. The molecule has 0 aliphatic heterocycles. The second-order valence-corrected chi connectivity index (χ2v) is 18.1. The van der Waals surface area contributed by atoms with Crippen LogP contribution < -0.4 is 4.90 Å². The van der Waals surface area contributed by atoms with Gasteiger partial charge in [-0.15, -0.1) is 0 Å². The van der Waals surface area contributed by atoms with Crippen molar-refractivity contribution in [3.8, 4) is 44.5 Å². The highest BCUT2D eigenvalue weighted by Gasteiger charge is 2.41. The van der Waals surface area contributed by atoms with Gasteiger partial charge in [-0.25, -0.2) is 0 Å². The van der Waals surface area contributed by atoms with Gasteiger partial charge in [-0.2, -0.15) is 0 Å². The molecule has 1 heteroatoms. The van der Waals surface area contributed by atoms with Crippen LogP contribution in [0.5, 0.6) is 0 Å². The smallest absolute Gasteiger partial charge is 0.0546 e. The first-order valence-electron chi connectivity index (χ1n) is 23.3. The first kappa shape index (κ1) is 38.9. The molecule has 1 aliphatic carbocycles. The fraction of sp³-hybridized carbons (Fsp3) is 0.0303. The van der Waals surface area contributed by atoms with Crippen LogP contribution in [0.15, 0.2) is 255 Å². The summed E-state index contributed by atoms with van der Waals surface area (Å²) in [6.07, 6.45) is 0. The SMILES string of the molecule is CC1(c2ccccc2)c2ccccc2-c2cc(N(c3ccccc3-c3ccc4c(c3)c(-c3ccccc3)c(-c3ccccc3)c3ccccc34)c3cc4ccccc4c4ccccc34)ccc21. The Morgan fingerprint density at radius 3 is 1.55 bits per heavy atom. The van der Waals surface area contributed by atoms with Crippen LogP contribution in [-0.4, -0.2) is 0 Å². The van der Waals surface area contributed by atoms with Gasteiger partial charge in [-0.05, 0) is 131 Å². The molecule has 12 aromatic rings. The zero-order valence-corrected chi connectivity index (χ0v) is 37.2. The fourth-order valence-corrected chi connectivity index (χ4v) is 11.4. The fourth-order valence-electron chi connectivity index (χ4n) is 11.4. The van der Waals surface area contributed by atoms with Gasteiger partial charge in [-0.3, -0.25) is 0 Å². The minimum absolute atomic E-state index is 0.297. The van der Waals surface area contributed by atoms with E-state index >= 15 is 0 Å². The van der Waals surface area contributed by atoms with Crippen LogP contribution in [-0.2, 0) is 5.41 Å². The topological polar surface area (TPSA) is 3.24 Å². The van der Waals surface area contributed by atoms with E-state index in [0.29, 0.717) is 0 Å². The maximum atomic E-state index is 2.53. The van der Waals surface area contributed by atoms with Gasteiger partial charge in [0.2, 0.25) is 0 Å². The highest BCUT2D eigenvalue weighted by atomic mass is 15.1. The Morgan fingerprint density at radius 1 is 0.299 bits per heavy atom. The second kappa shape index (κ2) is 15.6. The van der Waals surface area contributed by atoms with Gasteiger partial charge < -0.3 is 4.90 Å². The highest BCUT2D eigenvalue weighted by molar-refractivity contribution is 6.22. The number of benzene rings is 12. The Hall–Kier alpha value is -8.52. The minimum atomic E-state index is -0.297. The van der Waals surface area contributed by atoms with Crippen LogP contribution in [0.4, 0.5) is 17.1 Å². The number of fused-ring (bicyclic) bond motifs is 9. The lowest BCUT2D eigenvalue weighted by Gasteiger charge is -2.31. The maximum Gasteiger partial charge on any atom is 0.0546 e. The molecular formula is C66H45N. The highest BCUT2D eigenvalue weighted by Crippen LogP contribution is 2.55. The van der Waals surface area contributed by atoms with Crippen LogP contribution in [0.1, 0.15) is 23.6 Å². The standard InChI is InChI=1S/C66H45N/c1-66(48-26-9-4-10-27-48)60-35-19-17-32-55(60)58-43-49(38-40-61(58)66)67(63-42-46-25-11-12-28-50(46)52-30-13-15-33-56(52)63)62-36-20-18-29-51(62)47-37-39-54-53-31-14-16-34-57(53)64(44-21-5-2-6-22-44)65(59(54)41-47)45-23-7-3-8-24-45/h2-43H,1H3. The Labute approximate surface area is 391 Å². The zero-order chi connectivity index (χ0) is 44.5. The summed E-state index contributed by atoms with van der Waals surface area (Å²) in [5, 5.41) is 9.88. The molecule has 314 valence electrons. The first-order valence-corrected chi connectivity index (χ1v) is 23.3. The first-order chi connectivity index (χ1) is 33.1. The average Bonchev–Trinajstić information content (AvgIpc) is 3.66. The Bertz CT molecular complexity index is 3870. The van der Waals surface area contributed by atoms with E-state index in [-0.39, 0.29) is 5.41 Å². The van der Waals surface area contributed by atoms with Crippen LogP contribution in [0.25, 0.3) is 87.6 Å². The van der Waals surface area contributed by atoms with Crippen molar-refractivity contribution < 1.29 is 0 Å². The molecule has 0 heterocycles. The van der Waals surface area contributed by atoms with Gasteiger partial charge in [0.25, 0.3) is 0 Å². The zero-order valence-electron chi connectivity index (χ0n) is 37.2. The van der Waals surface area contributed by atoms with E-state index in [1.165, 1.54) is 93.2 Å². The molecule has 0 spiro atoms. The van der Waals surface area contributed by atoms with Crippen molar-refractivity contribution in [2.45, 2.75) is 12.3 Å². The van der Waals surface area contributed by atoms with Gasteiger partial charge in [0.05, 0.1) is 11.4 Å². The molecule has 67 heavy (non-hydrogen) atoms. The molecule has 0 radical (unpaired) electrons. The monoisotopic (exact) mass is 851 g/mol. The maximum absolute atomic E-state index is 2.53. The van der Waals surface area contributed by atoms with Crippen LogP contribution >= 0.6 is 0 Å². The van der Waals surface area contributed by atoms with Gasteiger partial charge in [0, 0.05) is 22.1 Å². The Morgan fingerprint density at radius 2 is 0.821 bits per heavy atom. The van der Waals surface area contributed by atoms with Crippen molar-refractivity contribution >= 4 is 60.2 Å². The average molecular weight is 852 g/mol.